The molecule has 1 unspecified atom stereocenters. The minimum atomic E-state index is -2.59. The maximum Gasteiger partial charge on any atom is 0.117 e. The SMILES string of the molecule is CC(C)c1cccc(C(C)C)c1N1CCN(c2c(C(C)C)cccc2C(C)C)C1=C1C=CC=CC1P(=C1C=C(c2ccccc2)c2ccccc21)(c1ccccc1)c1ccccc1.[Ru]. The molecule has 6 aromatic carbocycles. The smallest absolute Gasteiger partial charge is 0.117 e. The summed E-state index contributed by atoms with van der Waals surface area (Å²) in [6.07, 6.45) is 12.3. The molecule has 9 rings (SSSR count). The van der Waals surface area contributed by atoms with Crippen LogP contribution in [0, 0.1) is 0 Å². The maximum absolute atomic E-state index is 2.76. The van der Waals surface area contributed by atoms with Crippen LogP contribution in [0.15, 0.2) is 193 Å². The standard InChI is InChI=1S/C60H63N2P.Ru/c1-41(2)48-33-22-34-49(42(3)4)58(48)61-38-39-62(59-50(43(5)6)35-23-36-51(59)44(7)8)60(61)54-32-20-21-37-56(54)63(46-26-14-10-15-27-46,47-28-16-11-17-29-47)57-40-55(45-24-12-9-13-25-45)52-30-18-19-31-53(52)57;/h9-37,40-44,56H,38-39H2,1-8H3;. The molecule has 2 aliphatic carbocycles. The number of nitrogens with zero attached hydrogens (tertiary/aromatic N) is 2. The van der Waals surface area contributed by atoms with Crippen LogP contribution in [0.5, 0.6) is 0 Å². The number of benzene rings is 6. The van der Waals surface area contributed by atoms with E-state index in [1.807, 2.05) is 0 Å². The van der Waals surface area contributed by atoms with Gasteiger partial charge in [-0.05, 0) is 97.1 Å². The Hall–Kier alpha value is -5.20. The molecule has 6 aromatic rings. The molecule has 0 spiro atoms. The van der Waals surface area contributed by atoms with E-state index in [1.165, 1.54) is 83.2 Å². The van der Waals surface area contributed by atoms with Crippen molar-refractivity contribution in [2.75, 3.05) is 22.9 Å². The predicted octanol–water partition coefficient (Wildman–Crippen LogP) is 14.5. The average molecular weight is 944 g/mol. The van der Waals surface area contributed by atoms with Crippen LogP contribution in [-0.4, -0.2) is 24.0 Å². The van der Waals surface area contributed by atoms with Crippen LogP contribution in [0.3, 0.4) is 0 Å². The van der Waals surface area contributed by atoms with Gasteiger partial charge in [-0.3, -0.25) is 0 Å². The Morgan fingerprint density at radius 1 is 0.469 bits per heavy atom. The van der Waals surface area contributed by atoms with Gasteiger partial charge in [-0.25, -0.2) is 0 Å². The molecule has 326 valence electrons. The van der Waals surface area contributed by atoms with E-state index in [4.69, 9.17) is 0 Å². The van der Waals surface area contributed by atoms with Gasteiger partial charge in [0, 0.05) is 55.2 Å². The molecule has 3 aliphatic rings. The summed E-state index contributed by atoms with van der Waals surface area (Å²) in [6, 6.07) is 57.5. The Labute approximate surface area is 396 Å². The molecule has 0 saturated carbocycles. The molecule has 0 bridgehead atoms. The largest absolute Gasteiger partial charge is 0.325 e. The van der Waals surface area contributed by atoms with E-state index in [0.29, 0.717) is 23.7 Å². The molecule has 1 atom stereocenters. The van der Waals surface area contributed by atoms with Gasteiger partial charge in [0.1, 0.15) is 5.82 Å². The normalized spacial score (nSPS) is 16.1. The average Bonchev–Trinajstić information content (AvgIpc) is 3.93. The van der Waals surface area contributed by atoms with Gasteiger partial charge in [-0.15, -0.1) is 0 Å². The Bertz CT molecular complexity index is 2640. The second-order valence-electron chi connectivity index (χ2n) is 18.7. The van der Waals surface area contributed by atoms with Gasteiger partial charge in [0.2, 0.25) is 0 Å². The van der Waals surface area contributed by atoms with Crippen LogP contribution in [0.25, 0.3) is 5.57 Å². The second kappa shape index (κ2) is 19.1. The third-order valence-corrected chi connectivity index (χ3v) is 18.2. The number of allylic oxidation sites excluding steroid dienone is 6. The molecule has 4 heteroatoms. The number of hydrogen-bond acceptors (Lipinski definition) is 2. The minimum Gasteiger partial charge on any atom is -0.325 e. The van der Waals surface area contributed by atoms with Gasteiger partial charge >= 0.3 is 0 Å². The molecule has 0 radical (unpaired) electrons. The van der Waals surface area contributed by atoms with Crippen molar-refractivity contribution in [3.63, 3.8) is 0 Å². The molecular formula is C60H63N2PRu. The van der Waals surface area contributed by atoms with Crippen molar-refractivity contribution >= 4 is 39.7 Å². The molecule has 1 saturated heterocycles. The summed E-state index contributed by atoms with van der Waals surface area (Å²) in [6.45, 7) is 18.1. The second-order valence-corrected chi connectivity index (χ2v) is 22.2. The Balaban J connectivity index is 0.00000560. The van der Waals surface area contributed by atoms with Gasteiger partial charge in [0.25, 0.3) is 0 Å². The zero-order chi connectivity index (χ0) is 43.8. The summed E-state index contributed by atoms with van der Waals surface area (Å²) in [5.74, 6) is 2.76. The summed E-state index contributed by atoms with van der Waals surface area (Å²) < 4.78 is 0. The van der Waals surface area contributed by atoms with Crippen LogP contribution in [0.1, 0.15) is 118 Å². The fraction of sp³-hybridized carbons (Fsp3) is 0.250. The summed E-state index contributed by atoms with van der Waals surface area (Å²) >= 11 is 0. The maximum atomic E-state index is 2.76. The molecule has 1 heterocycles. The molecule has 0 amide bonds. The summed E-state index contributed by atoms with van der Waals surface area (Å²) in [7, 11) is 0. The summed E-state index contributed by atoms with van der Waals surface area (Å²) in [4.78, 5) is 5.53. The van der Waals surface area contributed by atoms with Crippen LogP contribution in [0.2, 0.25) is 0 Å². The third kappa shape index (κ3) is 7.88. The Kier molecular flexibility index (Phi) is 13.5. The number of anilines is 2. The van der Waals surface area contributed by atoms with Crippen LogP contribution < -0.4 is 20.4 Å². The van der Waals surface area contributed by atoms with Gasteiger partial charge in [-0.2, -0.15) is 0 Å². The van der Waals surface area contributed by atoms with E-state index >= 15 is 0 Å². The fourth-order valence-corrected chi connectivity index (χ4v) is 15.6. The Morgan fingerprint density at radius 2 is 0.891 bits per heavy atom. The van der Waals surface area contributed by atoms with Crippen molar-refractivity contribution in [2.24, 2.45) is 0 Å². The molecule has 1 fully saturated rings. The first-order valence-corrected chi connectivity index (χ1v) is 25.1. The van der Waals surface area contributed by atoms with Crippen LogP contribution >= 0.6 is 6.89 Å². The molecule has 64 heavy (non-hydrogen) atoms. The van der Waals surface area contributed by atoms with Gasteiger partial charge in [-0.1, -0.05) is 231 Å². The van der Waals surface area contributed by atoms with Crippen molar-refractivity contribution in [2.45, 2.75) is 84.7 Å². The van der Waals surface area contributed by atoms with Gasteiger partial charge in [0.15, 0.2) is 0 Å². The molecule has 2 nitrogen and oxygen atoms in total. The first-order valence-electron chi connectivity index (χ1n) is 23.3. The van der Waals surface area contributed by atoms with Crippen molar-refractivity contribution in [3.8, 4) is 0 Å². The zero-order valence-corrected chi connectivity index (χ0v) is 41.4. The number of rotatable bonds is 10. The summed E-state index contributed by atoms with van der Waals surface area (Å²) in [5.41, 5.74) is 15.0. The van der Waals surface area contributed by atoms with Crippen molar-refractivity contribution in [1.82, 2.24) is 0 Å². The van der Waals surface area contributed by atoms with Crippen molar-refractivity contribution in [1.29, 1.82) is 0 Å². The van der Waals surface area contributed by atoms with E-state index in [0.717, 1.165) is 13.1 Å². The van der Waals surface area contributed by atoms with E-state index in [9.17, 15) is 0 Å². The quantitative estimate of drug-likeness (QED) is 0.0997. The molecular weight excluding hydrogens is 881 g/mol. The third-order valence-electron chi connectivity index (χ3n) is 13.5. The van der Waals surface area contributed by atoms with E-state index in [2.05, 4.69) is 247 Å². The van der Waals surface area contributed by atoms with E-state index in [1.54, 1.807) is 0 Å². The van der Waals surface area contributed by atoms with Crippen molar-refractivity contribution < 1.29 is 19.5 Å². The van der Waals surface area contributed by atoms with Crippen LogP contribution in [-0.2, 0) is 19.5 Å². The first-order chi connectivity index (χ1) is 30.6. The van der Waals surface area contributed by atoms with Crippen molar-refractivity contribution in [3.05, 3.63) is 232 Å². The molecule has 0 aromatic heterocycles. The van der Waals surface area contributed by atoms with E-state index < -0.39 is 6.89 Å². The monoisotopic (exact) mass is 944 g/mol. The van der Waals surface area contributed by atoms with Crippen LogP contribution in [0.4, 0.5) is 11.4 Å². The fourth-order valence-electron chi connectivity index (χ4n) is 10.6. The van der Waals surface area contributed by atoms with Gasteiger partial charge in [0.05, 0.1) is 0 Å². The summed E-state index contributed by atoms with van der Waals surface area (Å²) in [5, 5.41) is 4.22. The number of hydrogen-bond donors (Lipinski definition) is 0. The zero-order valence-electron chi connectivity index (χ0n) is 38.8. The minimum absolute atomic E-state index is 0. The Morgan fingerprint density at radius 3 is 1.34 bits per heavy atom. The number of fused-ring (bicyclic) bond motifs is 1. The first kappa shape index (κ1) is 45.4. The number of para-hydroxylation sites is 2. The molecule has 1 aliphatic heterocycles. The topological polar surface area (TPSA) is 6.48 Å². The van der Waals surface area contributed by atoms with Gasteiger partial charge < -0.3 is 9.80 Å². The molecule has 0 N–H and O–H groups in total. The van der Waals surface area contributed by atoms with E-state index in [-0.39, 0.29) is 25.1 Å². The predicted molar refractivity (Wildman–Crippen MR) is 276 cm³/mol.